The summed E-state index contributed by atoms with van der Waals surface area (Å²) in [6.45, 7) is 1.21. The molecule has 7 heteroatoms. The number of carbonyl (C=O) groups excluding carboxylic acids is 1. The molecule has 1 amide bonds. The van der Waals surface area contributed by atoms with Gasteiger partial charge in [0.25, 0.3) is 5.91 Å². The summed E-state index contributed by atoms with van der Waals surface area (Å²) in [5.41, 5.74) is 6.86. The predicted octanol–water partition coefficient (Wildman–Crippen LogP) is 2.98. The molecule has 0 radical (unpaired) electrons. The molecule has 22 heavy (non-hydrogen) atoms. The van der Waals surface area contributed by atoms with Crippen molar-refractivity contribution in [3.63, 3.8) is 0 Å². The fraction of sp³-hybridized carbons (Fsp3) is 0.333. The van der Waals surface area contributed by atoms with Crippen LogP contribution in [0.5, 0.6) is 0 Å². The van der Waals surface area contributed by atoms with E-state index in [1.54, 1.807) is 23.1 Å². The molecule has 1 aliphatic rings. The maximum Gasteiger partial charge on any atom is 0.276 e. The van der Waals surface area contributed by atoms with Crippen molar-refractivity contribution in [1.29, 1.82) is 0 Å². The van der Waals surface area contributed by atoms with Crippen LogP contribution >= 0.6 is 24.0 Å². The maximum atomic E-state index is 12.4. The molecule has 1 unspecified atom stereocenters. The van der Waals surface area contributed by atoms with E-state index >= 15 is 0 Å². The van der Waals surface area contributed by atoms with Crippen LogP contribution in [0, 0.1) is 0 Å². The Bertz CT molecular complexity index is 642. The number of hydrogen-bond donors (Lipinski definition) is 1. The first-order chi connectivity index (χ1) is 10.2. The summed E-state index contributed by atoms with van der Waals surface area (Å²) in [5, 5.41) is 4.54. The van der Waals surface area contributed by atoms with Gasteiger partial charge in [-0.25, -0.2) is 0 Å². The van der Waals surface area contributed by atoms with Gasteiger partial charge >= 0.3 is 0 Å². The van der Waals surface area contributed by atoms with Crippen molar-refractivity contribution >= 4 is 29.9 Å². The molecule has 1 atom stereocenters. The summed E-state index contributed by atoms with van der Waals surface area (Å²) in [6, 6.07) is 8.97. The molecule has 0 bridgehead atoms. The summed E-state index contributed by atoms with van der Waals surface area (Å²) >= 11 is 5.85. The molecule has 3 rings (SSSR count). The van der Waals surface area contributed by atoms with Crippen LogP contribution in [0.1, 0.15) is 23.3 Å². The van der Waals surface area contributed by atoms with Crippen molar-refractivity contribution in [1.82, 2.24) is 10.1 Å². The van der Waals surface area contributed by atoms with Crippen LogP contribution in [0.25, 0.3) is 11.3 Å². The third-order valence-electron chi connectivity index (χ3n) is 3.77. The fourth-order valence-electron chi connectivity index (χ4n) is 2.62. The maximum absolute atomic E-state index is 12.4. The molecule has 0 spiro atoms. The van der Waals surface area contributed by atoms with E-state index in [1.165, 1.54) is 0 Å². The van der Waals surface area contributed by atoms with Gasteiger partial charge < -0.3 is 15.2 Å². The van der Waals surface area contributed by atoms with Crippen LogP contribution < -0.4 is 5.73 Å². The summed E-state index contributed by atoms with van der Waals surface area (Å²) in [6.07, 6.45) is 1.93. The third-order valence-corrected chi connectivity index (χ3v) is 4.02. The molecule has 1 aliphatic heterocycles. The first-order valence-electron chi connectivity index (χ1n) is 6.92. The highest BCUT2D eigenvalue weighted by Gasteiger charge is 2.30. The van der Waals surface area contributed by atoms with Crippen LogP contribution in [0.3, 0.4) is 0 Å². The Morgan fingerprint density at radius 3 is 2.82 bits per heavy atom. The minimum Gasteiger partial charge on any atom is -0.355 e. The predicted molar refractivity (Wildman–Crippen MR) is 87.3 cm³/mol. The molecule has 1 aromatic carbocycles. The number of nitrogens with two attached hydrogens (primary N) is 1. The van der Waals surface area contributed by atoms with Crippen LogP contribution in [0.15, 0.2) is 34.9 Å². The van der Waals surface area contributed by atoms with Crippen LogP contribution in [0.4, 0.5) is 0 Å². The second-order valence-electron chi connectivity index (χ2n) is 5.11. The monoisotopic (exact) mass is 341 g/mol. The molecule has 5 nitrogen and oxygen atoms in total. The van der Waals surface area contributed by atoms with Gasteiger partial charge in [0.15, 0.2) is 11.5 Å². The van der Waals surface area contributed by atoms with Crippen molar-refractivity contribution in [3.8, 4) is 11.3 Å². The van der Waals surface area contributed by atoms with Gasteiger partial charge in [-0.05, 0) is 37.1 Å². The van der Waals surface area contributed by atoms with E-state index in [0.717, 1.165) is 24.9 Å². The molecule has 118 valence electrons. The van der Waals surface area contributed by atoms with E-state index < -0.39 is 0 Å². The zero-order valence-electron chi connectivity index (χ0n) is 11.9. The van der Waals surface area contributed by atoms with Crippen molar-refractivity contribution in [3.05, 3.63) is 41.0 Å². The lowest BCUT2D eigenvalue weighted by Crippen LogP contribution is -2.40. The number of benzene rings is 1. The Hall–Kier alpha value is -1.56. The number of carbonyl (C=O) groups is 1. The third kappa shape index (κ3) is 3.27. The van der Waals surface area contributed by atoms with Crippen LogP contribution in [-0.4, -0.2) is 35.1 Å². The zero-order valence-corrected chi connectivity index (χ0v) is 13.4. The number of aromatic nitrogens is 1. The van der Waals surface area contributed by atoms with E-state index in [9.17, 15) is 4.79 Å². The van der Waals surface area contributed by atoms with E-state index in [2.05, 4.69) is 5.16 Å². The average molecular weight is 342 g/mol. The number of rotatable bonds is 3. The van der Waals surface area contributed by atoms with Crippen LogP contribution in [0.2, 0.25) is 5.02 Å². The van der Waals surface area contributed by atoms with Crippen molar-refractivity contribution in [2.75, 3.05) is 13.1 Å². The zero-order chi connectivity index (χ0) is 14.8. The highest BCUT2D eigenvalue weighted by atomic mass is 35.5. The number of likely N-dealkylation sites (tertiary alicyclic amines) is 1. The first-order valence-corrected chi connectivity index (χ1v) is 7.30. The number of amides is 1. The van der Waals surface area contributed by atoms with Gasteiger partial charge in [-0.15, -0.1) is 12.4 Å². The van der Waals surface area contributed by atoms with Gasteiger partial charge in [0.05, 0.1) is 0 Å². The second kappa shape index (κ2) is 7.13. The molecule has 0 saturated carbocycles. The highest BCUT2D eigenvalue weighted by molar-refractivity contribution is 6.30. The van der Waals surface area contributed by atoms with E-state index in [0.29, 0.717) is 23.0 Å². The summed E-state index contributed by atoms with van der Waals surface area (Å²) in [4.78, 5) is 14.2. The smallest absolute Gasteiger partial charge is 0.276 e. The van der Waals surface area contributed by atoms with E-state index in [4.69, 9.17) is 21.9 Å². The van der Waals surface area contributed by atoms with Crippen molar-refractivity contribution in [2.45, 2.75) is 18.9 Å². The molecule has 1 aromatic heterocycles. The van der Waals surface area contributed by atoms with Gasteiger partial charge in [0, 0.05) is 35.8 Å². The lowest BCUT2D eigenvalue weighted by atomic mass is 10.1. The SMILES string of the molecule is Cl.NCC1CCCN1C(=O)c1cc(-c2ccc(Cl)cc2)on1. The Morgan fingerprint density at radius 1 is 1.41 bits per heavy atom. The van der Waals surface area contributed by atoms with E-state index in [1.807, 2.05) is 12.1 Å². The van der Waals surface area contributed by atoms with Crippen molar-refractivity contribution < 1.29 is 9.32 Å². The quantitative estimate of drug-likeness (QED) is 0.931. The summed E-state index contributed by atoms with van der Waals surface area (Å²) in [7, 11) is 0. The molecule has 0 aliphatic carbocycles. The summed E-state index contributed by atoms with van der Waals surface area (Å²) in [5.74, 6) is 0.436. The number of nitrogens with zero attached hydrogens (tertiary/aromatic N) is 2. The standard InChI is InChI=1S/C15H16ClN3O2.ClH/c16-11-5-3-10(4-6-11)14-8-13(18-21-14)15(20)19-7-1-2-12(19)9-17;/h3-6,8,12H,1-2,7,9,17H2;1H. The van der Waals surface area contributed by atoms with Gasteiger partial charge in [0.2, 0.25) is 0 Å². The Labute approximate surface area is 139 Å². The fourth-order valence-corrected chi connectivity index (χ4v) is 2.75. The normalized spacial score (nSPS) is 17.4. The van der Waals surface area contributed by atoms with Gasteiger partial charge in [0.1, 0.15) is 0 Å². The lowest BCUT2D eigenvalue weighted by molar-refractivity contribution is 0.0731. The lowest BCUT2D eigenvalue weighted by Gasteiger charge is -2.21. The highest BCUT2D eigenvalue weighted by Crippen LogP contribution is 2.24. The van der Waals surface area contributed by atoms with Crippen molar-refractivity contribution in [2.24, 2.45) is 5.73 Å². The Balaban J connectivity index is 0.00000176. The molecule has 2 heterocycles. The minimum absolute atomic E-state index is 0. The Kier molecular flexibility index (Phi) is 5.45. The number of hydrogen-bond acceptors (Lipinski definition) is 4. The average Bonchev–Trinajstić information content (AvgIpc) is 3.16. The minimum atomic E-state index is -0.119. The first kappa shape index (κ1) is 16.8. The summed E-state index contributed by atoms with van der Waals surface area (Å²) < 4.78 is 5.27. The molecule has 1 fully saturated rings. The van der Waals surface area contributed by atoms with Gasteiger partial charge in [-0.2, -0.15) is 0 Å². The molecule has 2 aromatic rings. The van der Waals surface area contributed by atoms with E-state index in [-0.39, 0.29) is 24.4 Å². The second-order valence-corrected chi connectivity index (χ2v) is 5.55. The molecule has 2 N–H and O–H groups in total. The van der Waals surface area contributed by atoms with Gasteiger partial charge in [-0.1, -0.05) is 16.8 Å². The van der Waals surface area contributed by atoms with Gasteiger partial charge in [-0.3, -0.25) is 4.79 Å². The largest absolute Gasteiger partial charge is 0.355 e. The number of halogens is 2. The topological polar surface area (TPSA) is 72.4 Å². The van der Waals surface area contributed by atoms with Crippen LogP contribution in [-0.2, 0) is 0 Å². The molecular formula is C15H17Cl2N3O2. The Morgan fingerprint density at radius 2 is 2.14 bits per heavy atom. The molecule has 1 saturated heterocycles. The molecular weight excluding hydrogens is 325 g/mol.